The highest BCUT2D eigenvalue weighted by molar-refractivity contribution is 5.81. The van der Waals surface area contributed by atoms with Gasteiger partial charge in [-0.2, -0.15) is 5.10 Å². The molecule has 0 N–H and O–H groups in total. The first-order valence-corrected chi connectivity index (χ1v) is 9.25. The lowest BCUT2D eigenvalue weighted by atomic mass is 10.2. The predicted molar refractivity (Wildman–Crippen MR) is 102 cm³/mol. The Morgan fingerprint density at radius 1 is 1.03 bits per heavy atom. The molecule has 3 heterocycles. The predicted octanol–water partition coefficient (Wildman–Crippen LogP) is 1.31. The number of amides is 1. The first-order valence-electron chi connectivity index (χ1n) is 9.25. The number of carbonyl (C=O) groups excluding carboxylic acids is 1. The zero-order valence-electron chi connectivity index (χ0n) is 15.8. The number of anilines is 1. The fourth-order valence-corrected chi connectivity index (χ4v) is 3.12. The Morgan fingerprint density at radius 3 is 2.34 bits per heavy atom. The van der Waals surface area contributed by atoms with Gasteiger partial charge < -0.3 is 14.5 Å². The smallest absolute Gasteiger partial charge is 0.263 e. The second-order valence-electron chi connectivity index (χ2n) is 6.62. The van der Waals surface area contributed by atoms with Crippen molar-refractivity contribution < 1.29 is 13.9 Å². The van der Waals surface area contributed by atoms with Gasteiger partial charge in [0.15, 0.2) is 17.7 Å². The summed E-state index contributed by atoms with van der Waals surface area (Å²) in [6.07, 6.45) is 2.35. The molecule has 9 nitrogen and oxygen atoms in total. The average Bonchev–Trinajstić information content (AvgIpc) is 3.30. The SMILES string of the molecule is CC(Oc1ccc(F)cc1)C(=O)N1CCN(c2ccc(-n3cncn3)nn2)CC1. The molecule has 150 valence electrons. The van der Waals surface area contributed by atoms with Crippen LogP contribution >= 0.6 is 0 Å². The Hall–Kier alpha value is -3.56. The molecule has 0 radical (unpaired) electrons. The van der Waals surface area contributed by atoms with E-state index in [0.717, 1.165) is 5.82 Å². The van der Waals surface area contributed by atoms with Gasteiger partial charge in [0, 0.05) is 26.2 Å². The van der Waals surface area contributed by atoms with Crippen LogP contribution in [0.1, 0.15) is 6.92 Å². The molecule has 1 saturated heterocycles. The Bertz CT molecular complexity index is 940. The summed E-state index contributed by atoms with van der Waals surface area (Å²) in [6.45, 7) is 4.11. The van der Waals surface area contributed by atoms with E-state index < -0.39 is 6.10 Å². The van der Waals surface area contributed by atoms with E-state index in [1.54, 1.807) is 18.2 Å². The third-order valence-corrected chi connectivity index (χ3v) is 4.68. The van der Waals surface area contributed by atoms with Gasteiger partial charge >= 0.3 is 0 Å². The molecule has 0 aliphatic carbocycles. The molecule has 1 aliphatic rings. The number of hydrogen-bond donors (Lipinski definition) is 0. The van der Waals surface area contributed by atoms with Gasteiger partial charge in [0.2, 0.25) is 0 Å². The molecule has 0 spiro atoms. The standard InChI is InChI=1S/C19H20FN7O2/c1-14(29-16-4-2-15(20)3-5-16)19(28)26-10-8-25(9-11-26)17-6-7-18(24-23-17)27-13-21-12-22-27/h2-7,12-14H,8-11H2,1H3. The number of piperazine rings is 1. The average molecular weight is 397 g/mol. The molecule has 1 amide bonds. The Balaban J connectivity index is 1.31. The molecule has 0 bridgehead atoms. The van der Waals surface area contributed by atoms with Gasteiger partial charge in [-0.05, 0) is 43.3 Å². The van der Waals surface area contributed by atoms with E-state index in [2.05, 4.69) is 25.2 Å². The van der Waals surface area contributed by atoms with Gasteiger partial charge in [0.05, 0.1) is 0 Å². The van der Waals surface area contributed by atoms with E-state index >= 15 is 0 Å². The van der Waals surface area contributed by atoms with Crippen molar-refractivity contribution in [2.75, 3.05) is 31.1 Å². The molecule has 0 saturated carbocycles. The van der Waals surface area contributed by atoms with Crippen molar-refractivity contribution in [2.24, 2.45) is 0 Å². The van der Waals surface area contributed by atoms with Crippen molar-refractivity contribution in [2.45, 2.75) is 13.0 Å². The number of nitrogens with zero attached hydrogens (tertiary/aromatic N) is 7. The summed E-state index contributed by atoms with van der Waals surface area (Å²) in [5, 5.41) is 12.5. The molecule has 2 aromatic heterocycles. The van der Waals surface area contributed by atoms with Crippen LogP contribution in [0.25, 0.3) is 5.82 Å². The summed E-state index contributed by atoms with van der Waals surface area (Å²) in [7, 11) is 0. The summed E-state index contributed by atoms with van der Waals surface area (Å²) in [4.78, 5) is 20.4. The van der Waals surface area contributed by atoms with Gasteiger partial charge in [0.1, 0.15) is 24.2 Å². The molecule has 1 aromatic carbocycles. The molecule has 4 rings (SSSR count). The molecule has 1 unspecified atom stereocenters. The van der Waals surface area contributed by atoms with Crippen LogP contribution in [0.2, 0.25) is 0 Å². The maximum absolute atomic E-state index is 13.0. The Morgan fingerprint density at radius 2 is 1.72 bits per heavy atom. The Kier molecular flexibility index (Phi) is 5.32. The summed E-state index contributed by atoms with van der Waals surface area (Å²) >= 11 is 0. The van der Waals surface area contributed by atoms with Crippen molar-refractivity contribution >= 4 is 11.7 Å². The Labute approximate surface area is 166 Å². The normalized spacial score (nSPS) is 15.2. The zero-order valence-corrected chi connectivity index (χ0v) is 15.8. The number of halogens is 1. The van der Waals surface area contributed by atoms with Gasteiger partial charge in [-0.3, -0.25) is 4.79 Å². The number of rotatable bonds is 5. The van der Waals surface area contributed by atoms with E-state index in [9.17, 15) is 9.18 Å². The van der Waals surface area contributed by atoms with E-state index in [1.165, 1.54) is 35.3 Å². The molecule has 10 heteroatoms. The molecule has 29 heavy (non-hydrogen) atoms. The van der Waals surface area contributed by atoms with Gasteiger partial charge in [-0.15, -0.1) is 10.2 Å². The zero-order chi connectivity index (χ0) is 20.2. The summed E-state index contributed by atoms with van der Waals surface area (Å²) in [5.74, 6) is 1.36. The largest absolute Gasteiger partial charge is 0.481 e. The molecule has 1 fully saturated rings. The summed E-state index contributed by atoms with van der Waals surface area (Å²) < 4.78 is 20.2. The molecular weight excluding hydrogens is 377 g/mol. The second kappa shape index (κ2) is 8.21. The topological polar surface area (TPSA) is 89.3 Å². The molecular formula is C19H20FN7O2. The van der Waals surface area contributed by atoms with E-state index in [1.807, 2.05) is 12.1 Å². The quantitative estimate of drug-likeness (QED) is 0.641. The minimum Gasteiger partial charge on any atom is -0.481 e. The minimum absolute atomic E-state index is 0.0958. The van der Waals surface area contributed by atoms with Crippen LogP contribution in [0.4, 0.5) is 10.2 Å². The number of ether oxygens (including phenoxy) is 1. The number of carbonyl (C=O) groups is 1. The maximum Gasteiger partial charge on any atom is 0.263 e. The van der Waals surface area contributed by atoms with Crippen LogP contribution in [0.3, 0.4) is 0 Å². The monoisotopic (exact) mass is 397 g/mol. The van der Waals surface area contributed by atoms with Crippen LogP contribution in [-0.4, -0.2) is 68.1 Å². The van der Waals surface area contributed by atoms with Crippen LogP contribution in [0.15, 0.2) is 49.1 Å². The molecule has 1 aliphatic heterocycles. The number of aromatic nitrogens is 5. The maximum atomic E-state index is 13.0. The van der Waals surface area contributed by atoms with Gasteiger partial charge in [0.25, 0.3) is 5.91 Å². The highest BCUT2D eigenvalue weighted by Crippen LogP contribution is 2.17. The van der Waals surface area contributed by atoms with E-state index in [4.69, 9.17) is 4.74 Å². The lowest BCUT2D eigenvalue weighted by molar-refractivity contribution is -0.138. The lowest BCUT2D eigenvalue weighted by Gasteiger charge is -2.36. The molecule has 1 atom stereocenters. The van der Waals surface area contributed by atoms with Crippen molar-refractivity contribution in [3.8, 4) is 11.6 Å². The first kappa shape index (κ1) is 18.8. The fraction of sp³-hybridized carbons (Fsp3) is 0.316. The van der Waals surface area contributed by atoms with Crippen molar-refractivity contribution in [3.63, 3.8) is 0 Å². The van der Waals surface area contributed by atoms with Gasteiger partial charge in [-0.25, -0.2) is 14.1 Å². The number of hydrogen-bond acceptors (Lipinski definition) is 7. The number of benzene rings is 1. The second-order valence-corrected chi connectivity index (χ2v) is 6.62. The fourth-order valence-electron chi connectivity index (χ4n) is 3.12. The molecule has 3 aromatic rings. The summed E-state index contributed by atoms with van der Waals surface area (Å²) in [5.41, 5.74) is 0. The third kappa shape index (κ3) is 4.31. The highest BCUT2D eigenvalue weighted by atomic mass is 19.1. The third-order valence-electron chi connectivity index (χ3n) is 4.68. The van der Waals surface area contributed by atoms with Crippen LogP contribution in [0.5, 0.6) is 5.75 Å². The lowest BCUT2D eigenvalue weighted by Crippen LogP contribution is -2.52. The van der Waals surface area contributed by atoms with Crippen LogP contribution in [0, 0.1) is 5.82 Å². The van der Waals surface area contributed by atoms with Gasteiger partial charge in [-0.1, -0.05) is 0 Å². The summed E-state index contributed by atoms with van der Waals surface area (Å²) in [6, 6.07) is 9.34. The van der Waals surface area contributed by atoms with Crippen molar-refractivity contribution in [3.05, 3.63) is 54.9 Å². The van der Waals surface area contributed by atoms with E-state index in [0.29, 0.717) is 37.7 Å². The van der Waals surface area contributed by atoms with Crippen molar-refractivity contribution in [1.29, 1.82) is 0 Å². The van der Waals surface area contributed by atoms with Crippen molar-refractivity contribution in [1.82, 2.24) is 29.9 Å². The highest BCUT2D eigenvalue weighted by Gasteiger charge is 2.26. The minimum atomic E-state index is -0.645. The van der Waals surface area contributed by atoms with Crippen LogP contribution in [-0.2, 0) is 4.79 Å². The first-order chi connectivity index (χ1) is 14.1. The van der Waals surface area contributed by atoms with E-state index in [-0.39, 0.29) is 11.7 Å². The van der Waals surface area contributed by atoms with Crippen LogP contribution < -0.4 is 9.64 Å².